The van der Waals surface area contributed by atoms with Crippen LogP contribution in [0, 0.1) is 0 Å². The van der Waals surface area contributed by atoms with Crippen molar-refractivity contribution in [3.8, 4) is 0 Å². The van der Waals surface area contributed by atoms with Gasteiger partial charge in [0.1, 0.15) is 6.26 Å². The molecule has 0 atom stereocenters. The third-order valence-electron chi connectivity index (χ3n) is 2.80. The zero-order chi connectivity index (χ0) is 15.1. The Bertz CT molecular complexity index is 611. The third-order valence-corrected chi connectivity index (χ3v) is 3.60. The summed E-state index contributed by atoms with van der Waals surface area (Å²) in [5.41, 5.74) is 1.24. The Morgan fingerprint density at radius 2 is 2.05 bits per heavy atom. The molecule has 2 N–H and O–H groups in total. The van der Waals surface area contributed by atoms with Crippen LogP contribution in [0.3, 0.4) is 0 Å². The van der Waals surface area contributed by atoms with Gasteiger partial charge in [-0.25, -0.2) is 0 Å². The second-order valence-corrected chi connectivity index (χ2v) is 5.11. The highest BCUT2D eigenvalue weighted by molar-refractivity contribution is 7.98. The van der Waals surface area contributed by atoms with Crippen LogP contribution in [-0.2, 0) is 4.79 Å². The SMILES string of the molecule is CSc1ccccc1NC(=O)CCNC(=O)c1ccoc1. The smallest absolute Gasteiger partial charge is 0.254 e. The second kappa shape index (κ2) is 7.54. The largest absolute Gasteiger partial charge is 0.472 e. The minimum Gasteiger partial charge on any atom is -0.472 e. The Labute approximate surface area is 127 Å². The molecule has 0 saturated heterocycles. The molecule has 0 aliphatic carbocycles. The zero-order valence-electron chi connectivity index (χ0n) is 11.6. The minimum atomic E-state index is -0.249. The fraction of sp³-hybridized carbons (Fsp3) is 0.200. The Kier molecular flexibility index (Phi) is 5.45. The number of carbonyl (C=O) groups excluding carboxylic acids is 2. The quantitative estimate of drug-likeness (QED) is 0.805. The van der Waals surface area contributed by atoms with Crippen molar-refractivity contribution in [2.75, 3.05) is 18.1 Å². The van der Waals surface area contributed by atoms with Crippen molar-refractivity contribution in [2.45, 2.75) is 11.3 Å². The molecule has 2 amide bonds. The van der Waals surface area contributed by atoms with Crippen LogP contribution in [-0.4, -0.2) is 24.6 Å². The molecule has 110 valence electrons. The first-order chi connectivity index (χ1) is 10.2. The molecule has 6 heteroatoms. The lowest BCUT2D eigenvalue weighted by molar-refractivity contribution is -0.116. The topological polar surface area (TPSA) is 71.3 Å². The lowest BCUT2D eigenvalue weighted by atomic mass is 10.3. The molecule has 5 nitrogen and oxygen atoms in total. The first-order valence-corrected chi connectivity index (χ1v) is 7.66. The van der Waals surface area contributed by atoms with Crippen molar-refractivity contribution in [3.05, 3.63) is 48.4 Å². The van der Waals surface area contributed by atoms with Crippen LogP contribution in [0.1, 0.15) is 16.8 Å². The number of benzene rings is 1. The molecule has 0 aliphatic heterocycles. The maximum atomic E-state index is 11.9. The van der Waals surface area contributed by atoms with Gasteiger partial charge in [0.15, 0.2) is 0 Å². The van der Waals surface area contributed by atoms with Crippen LogP contribution in [0.25, 0.3) is 0 Å². The number of carbonyl (C=O) groups is 2. The highest BCUT2D eigenvalue weighted by Gasteiger charge is 2.09. The summed E-state index contributed by atoms with van der Waals surface area (Å²) in [5, 5.41) is 5.51. The summed E-state index contributed by atoms with van der Waals surface area (Å²) in [6.45, 7) is 0.275. The van der Waals surface area contributed by atoms with Crippen LogP contribution in [0.15, 0.2) is 52.2 Å². The molecule has 0 radical (unpaired) electrons. The molecule has 1 heterocycles. The summed E-state index contributed by atoms with van der Waals surface area (Å²) in [6.07, 6.45) is 4.97. The van der Waals surface area contributed by atoms with E-state index in [2.05, 4.69) is 10.6 Å². The molecule has 2 rings (SSSR count). The standard InChI is InChI=1S/C15H16N2O3S/c1-21-13-5-3-2-4-12(13)17-14(18)6-8-16-15(19)11-7-9-20-10-11/h2-5,7,9-10H,6,8H2,1H3,(H,16,19)(H,17,18). The van der Waals surface area contributed by atoms with E-state index in [4.69, 9.17) is 4.42 Å². The van der Waals surface area contributed by atoms with Crippen LogP contribution in [0.5, 0.6) is 0 Å². The van der Waals surface area contributed by atoms with Crippen molar-refractivity contribution < 1.29 is 14.0 Å². The molecule has 0 bridgehead atoms. The Balaban J connectivity index is 1.79. The number of anilines is 1. The van der Waals surface area contributed by atoms with E-state index in [0.717, 1.165) is 10.6 Å². The Morgan fingerprint density at radius 3 is 2.76 bits per heavy atom. The van der Waals surface area contributed by atoms with Crippen molar-refractivity contribution in [2.24, 2.45) is 0 Å². The lowest BCUT2D eigenvalue weighted by Gasteiger charge is -2.09. The van der Waals surface area contributed by atoms with E-state index in [1.165, 1.54) is 12.5 Å². The summed E-state index contributed by atoms with van der Waals surface area (Å²) < 4.78 is 4.83. The maximum Gasteiger partial charge on any atom is 0.254 e. The summed E-state index contributed by atoms with van der Waals surface area (Å²) in [6, 6.07) is 9.17. The summed E-state index contributed by atoms with van der Waals surface area (Å²) >= 11 is 1.57. The number of amides is 2. The van der Waals surface area contributed by atoms with Gasteiger partial charge in [-0.1, -0.05) is 12.1 Å². The monoisotopic (exact) mass is 304 g/mol. The number of nitrogens with one attached hydrogen (secondary N) is 2. The first-order valence-electron chi connectivity index (χ1n) is 6.44. The fourth-order valence-corrected chi connectivity index (χ4v) is 2.30. The molecule has 0 spiro atoms. The van der Waals surface area contributed by atoms with E-state index in [0.29, 0.717) is 5.56 Å². The number of thioether (sulfide) groups is 1. The fourth-order valence-electron chi connectivity index (χ4n) is 1.75. The van der Waals surface area contributed by atoms with Crippen molar-refractivity contribution in [3.63, 3.8) is 0 Å². The summed E-state index contributed by atoms with van der Waals surface area (Å²) in [5.74, 6) is -0.384. The van der Waals surface area contributed by atoms with Crippen LogP contribution in [0.2, 0.25) is 0 Å². The summed E-state index contributed by atoms with van der Waals surface area (Å²) in [7, 11) is 0. The highest BCUT2D eigenvalue weighted by Crippen LogP contribution is 2.24. The van der Waals surface area contributed by atoms with Crippen LogP contribution < -0.4 is 10.6 Å². The molecule has 1 aromatic carbocycles. The predicted molar refractivity (Wildman–Crippen MR) is 82.5 cm³/mol. The number of hydrogen-bond acceptors (Lipinski definition) is 4. The molecule has 0 fully saturated rings. The Morgan fingerprint density at radius 1 is 1.24 bits per heavy atom. The first kappa shape index (κ1) is 15.2. The number of furan rings is 1. The van der Waals surface area contributed by atoms with Crippen molar-refractivity contribution in [1.29, 1.82) is 0 Å². The predicted octanol–water partition coefficient (Wildman–Crippen LogP) is 2.76. The van der Waals surface area contributed by atoms with Crippen LogP contribution >= 0.6 is 11.8 Å². The van der Waals surface area contributed by atoms with Gasteiger partial charge in [-0.05, 0) is 24.5 Å². The van der Waals surface area contributed by atoms with Gasteiger partial charge in [-0.3, -0.25) is 9.59 Å². The normalized spacial score (nSPS) is 10.1. The van der Waals surface area contributed by atoms with Gasteiger partial charge in [0.2, 0.25) is 5.91 Å². The number of para-hydroxylation sites is 1. The molecule has 2 aromatic rings. The van der Waals surface area contributed by atoms with E-state index in [1.54, 1.807) is 17.8 Å². The van der Waals surface area contributed by atoms with Crippen molar-refractivity contribution in [1.82, 2.24) is 5.32 Å². The average Bonchev–Trinajstić information content (AvgIpc) is 3.02. The number of rotatable bonds is 6. The highest BCUT2D eigenvalue weighted by atomic mass is 32.2. The zero-order valence-corrected chi connectivity index (χ0v) is 12.4. The molecular weight excluding hydrogens is 288 g/mol. The van der Waals surface area contributed by atoms with Gasteiger partial charge < -0.3 is 15.1 Å². The molecule has 0 unspecified atom stereocenters. The maximum absolute atomic E-state index is 11.9. The second-order valence-electron chi connectivity index (χ2n) is 4.27. The van der Waals surface area contributed by atoms with Gasteiger partial charge in [0.05, 0.1) is 17.5 Å². The van der Waals surface area contributed by atoms with E-state index in [9.17, 15) is 9.59 Å². The van der Waals surface area contributed by atoms with Gasteiger partial charge in [0.25, 0.3) is 5.91 Å². The van der Waals surface area contributed by atoms with E-state index in [-0.39, 0.29) is 24.8 Å². The minimum absolute atomic E-state index is 0.135. The third kappa shape index (κ3) is 4.39. The van der Waals surface area contributed by atoms with E-state index in [1.807, 2.05) is 30.5 Å². The summed E-state index contributed by atoms with van der Waals surface area (Å²) in [4.78, 5) is 24.5. The molecule has 21 heavy (non-hydrogen) atoms. The van der Waals surface area contributed by atoms with Crippen LogP contribution in [0.4, 0.5) is 5.69 Å². The Hall–Kier alpha value is -2.21. The lowest BCUT2D eigenvalue weighted by Crippen LogP contribution is -2.27. The van der Waals surface area contributed by atoms with Crippen molar-refractivity contribution >= 4 is 29.3 Å². The van der Waals surface area contributed by atoms with E-state index >= 15 is 0 Å². The van der Waals surface area contributed by atoms with Gasteiger partial charge in [0, 0.05) is 17.9 Å². The molecular formula is C15H16N2O3S. The molecule has 0 aliphatic rings. The van der Waals surface area contributed by atoms with E-state index < -0.39 is 0 Å². The molecule has 1 aromatic heterocycles. The molecule has 0 saturated carbocycles. The average molecular weight is 304 g/mol. The van der Waals surface area contributed by atoms with Gasteiger partial charge >= 0.3 is 0 Å². The van der Waals surface area contributed by atoms with Gasteiger partial charge in [-0.15, -0.1) is 11.8 Å². The van der Waals surface area contributed by atoms with Gasteiger partial charge in [-0.2, -0.15) is 0 Å². The number of hydrogen-bond donors (Lipinski definition) is 2.